The van der Waals surface area contributed by atoms with Gasteiger partial charge in [0.25, 0.3) is 11.8 Å². The van der Waals surface area contributed by atoms with Gasteiger partial charge in [0, 0.05) is 5.69 Å². The van der Waals surface area contributed by atoms with E-state index < -0.39 is 23.9 Å². The summed E-state index contributed by atoms with van der Waals surface area (Å²) in [5, 5.41) is 5.11. The smallest absolute Gasteiger partial charge is 0.326 e. The van der Waals surface area contributed by atoms with Gasteiger partial charge < -0.3 is 20.1 Å². The first kappa shape index (κ1) is 20.0. The van der Waals surface area contributed by atoms with Crippen LogP contribution in [0.1, 0.15) is 22.8 Å². The molecule has 0 aliphatic carbocycles. The Labute approximate surface area is 157 Å². The molecule has 0 radical (unpaired) electrons. The summed E-state index contributed by atoms with van der Waals surface area (Å²) in [5.74, 6) is -1.25. The van der Waals surface area contributed by atoms with Crippen LogP contribution in [0.15, 0.2) is 48.5 Å². The van der Waals surface area contributed by atoms with Crippen LogP contribution in [0.2, 0.25) is 0 Å². The van der Waals surface area contributed by atoms with Crippen molar-refractivity contribution < 1.29 is 23.9 Å². The molecule has 0 heterocycles. The quantitative estimate of drug-likeness (QED) is 0.730. The van der Waals surface area contributed by atoms with Gasteiger partial charge in [-0.1, -0.05) is 29.8 Å². The van der Waals surface area contributed by atoms with Gasteiger partial charge >= 0.3 is 5.97 Å². The predicted molar refractivity (Wildman–Crippen MR) is 101 cm³/mol. The van der Waals surface area contributed by atoms with Crippen molar-refractivity contribution in [2.24, 2.45) is 0 Å². The monoisotopic (exact) mass is 370 g/mol. The van der Waals surface area contributed by atoms with Crippen LogP contribution < -0.4 is 15.4 Å². The first-order valence-electron chi connectivity index (χ1n) is 8.39. The second-order valence-corrected chi connectivity index (χ2v) is 5.87. The zero-order valence-electron chi connectivity index (χ0n) is 15.4. The molecule has 7 nitrogen and oxygen atoms in total. The average Bonchev–Trinajstić information content (AvgIpc) is 2.67. The molecule has 2 N–H and O–H groups in total. The van der Waals surface area contributed by atoms with Gasteiger partial charge in [-0.3, -0.25) is 14.4 Å². The van der Waals surface area contributed by atoms with Gasteiger partial charge in [0.2, 0.25) is 0 Å². The summed E-state index contributed by atoms with van der Waals surface area (Å²) in [6, 6.07) is 13.9. The van der Waals surface area contributed by atoms with E-state index in [1.54, 1.807) is 36.4 Å². The molecule has 7 heteroatoms. The van der Waals surface area contributed by atoms with Gasteiger partial charge in [-0.2, -0.15) is 0 Å². The van der Waals surface area contributed by atoms with E-state index in [-0.39, 0.29) is 6.54 Å². The largest absolute Gasteiger partial charge is 0.496 e. The number of ether oxygens (including phenoxy) is 2. The van der Waals surface area contributed by atoms with Crippen LogP contribution in [-0.4, -0.2) is 37.5 Å². The summed E-state index contributed by atoms with van der Waals surface area (Å²) in [4.78, 5) is 36.1. The fraction of sp³-hybridized carbons (Fsp3) is 0.250. The number of rotatable bonds is 7. The van der Waals surface area contributed by atoms with Crippen LogP contribution in [0.5, 0.6) is 5.75 Å². The van der Waals surface area contributed by atoms with Crippen LogP contribution >= 0.6 is 0 Å². The van der Waals surface area contributed by atoms with Crippen molar-refractivity contribution in [1.82, 2.24) is 5.32 Å². The number of methoxy groups -OCH3 is 1. The molecule has 0 bridgehead atoms. The molecule has 2 aromatic rings. The molecule has 2 aromatic carbocycles. The predicted octanol–water partition coefficient (Wildman–Crippen LogP) is 2.30. The molecule has 0 fully saturated rings. The number of anilines is 1. The Morgan fingerprint density at radius 2 is 1.70 bits per heavy atom. The fourth-order valence-corrected chi connectivity index (χ4v) is 2.25. The maximum Gasteiger partial charge on any atom is 0.326 e. The molecule has 27 heavy (non-hydrogen) atoms. The Balaban J connectivity index is 1.83. The Hall–Kier alpha value is -3.35. The highest BCUT2D eigenvalue weighted by molar-refractivity contribution is 5.99. The zero-order valence-corrected chi connectivity index (χ0v) is 15.4. The average molecular weight is 370 g/mol. The number of carbonyl (C=O) groups excluding carboxylic acids is 3. The number of carbonyl (C=O) groups is 3. The summed E-state index contributed by atoms with van der Waals surface area (Å²) >= 11 is 0. The van der Waals surface area contributed by atoms with E-state index in [0.717, 1.165) is 5.56 Å². The lowest BCUT2D eigenvalue weighted by Crippen LogP contribution is -2.35. The molecular formula is C20H22N2O5. The van der Waals surface area contributed by atoms with Crippen LogP contribution in [0.25, 0.3) is 0 Å². The SMILES string of the molecule is COc1ccccc1C(=O)NCC(=O)O[C@H](C)C(=O)Nc1ccc(C)cc1. The summed E-state index contributed by atoms with van der Waals surface area (Å²) in [6.07, 6.45) is -0.998. The van der Waals surface area contributed by atoms with E-state index in [1.165, 1.54) is 14.0 Å². The molecule has 0 aliphatic rings. The lowest BCUT2D eigenvalue weighted by molar-refractivity contribution is -0.152. The summed E-state index contributed by atoms with van der Waals surface area (Å²) in [5.41, 5.74) is 1.98. The van der Waals surface area contributed by atoms with Crippen molar-refractivity contribution in [3.8, 4) is 5.75 Å². The van der Waals surface area contributed by atoms with Crippen molar-refractivity contribution >= 4 is 23.5 Å². The number of benzene rings is 2. The van der Waals surface area contributed by atoms with Gasteiger partial charge in [0.1, 0.15) is 12.3 Å². The number of para-hydroxylation sites is 1. The molecule has 0 spiro atoms. The molecule has 1 atom stereocenters. The third kappa shape index (κ3) is 5.85. The fourth-order valence-electron chi connectivity index (χ4n) is 2.25. The van der Waals surface area contributed by atoms with Crippen LogP contribution in [0.3, 0.4) is 0 Å². The Morgan fingerprint density at radius 3 is 2.37 bits per heavy atom. The first-order chi connectivity index (χ1) is 12.9. The number of amides is 2. The normalized spacial score (nSPS) is 11.2. The lowest BCUT2D eigenvalue weighted by Gasteiger charge is -2.14. The van der Waals surface area contributed by atoms with E-state index in [0.29, 0.717) is 17.0 Å². The molecule has 0 aromatic heterocycles. The van der Waals surface area contributed by atoms with Crippen LogP contribution in [0, 0.1) is 6.92 Å². The van der Waals surface area contributed by atoms with E-state index in [4.69, 9.17) is 9.47 Å². The second kappa shape index (κ2) is 9.38. The zero-order chi connectivity index (χ0) is 19.8. The van der Waals surface area contributed by atoms with Crippen molar-refractivity contribution in [2.45, 2.75) is 20.0 Å². The molecule has 2 amide bonds. The molecule has 0 aliphatic heterocycles. The molecule has 142 valence electrons. The number of aryl methyl sites for hydroxylation is 1. The maximum absolute atomic E-state index is 12.1. The highest BCUT2D eigenvalue weighted by atomic mass is 16.5. The van der Waals surface area contributed by atoms with E-state index >= 15 is 0 Å². The van der Waals surface area contributed by atoms with Crippen molar-refractivity contribution in [2.75, 3.05) is 19.0 Å². The number of nitrogens with one attached hydrogen (secondary N) is 2. The van der Waals surface area contributed by atoms with Crippen LogP contribution in [0.4, 0.5) is 5.69 Å². The summed E-state index contributed by atoms with van der Waals surface area (Å²) in [6.45, 7) is 3.04. The third-order valence-electron chi connectivity index (χ3n) is 3.74. The molecular weight excluding hydrogens is 348 g/mol. The minimum Gasteiger partial charge on any atom is -0.496 e. The van der Waals surface area contributed by atoms with Crippen LogP contribution in [-0.2, 0) is 14.3 Å². The maximum atomic E-state index is 12.1. The molecule has 0 saturated carbocycles. The van der Waals surface area contributed by atoms with Gasteiger partial charge in [-0.25, -0.2) is 0 Å². The number of hydrogen-bond acceptors (Lipinski definition) is 5. The Bertz CT molecular complexity index is 817. The topological polar surface area (TPSA) is 93.7 Å². The Morgan fingerprint density at radius 1 is 1.04 bits per heavy atom. The minimum atomic E-state index is -0.998. The van der Waals surface area contributed by atoms with Crippen molar-refractivity contribution in [3.05, 3.63) is 59.7 Å². The van der Waals surface area contributed by atoms with E-state index in [2.05, 4.69) is 10.6 Å². The summed E-state index contributed by atoms with van der Waals surface area (Å²) in [7, 11) is 1.45. The lowest BCUT2D eigenvalue weighted by atomic mass is 10.2. The minimum absolute atomic E-state index is 0.304. The van der Waals surface area contributed by atoms with Crippen molar-refractivity contribution in [3.63, 3.8) is 0 Å². The molecule has 0 unspecified atom stereocenters. The van der Waals surface area contributed by atoms with E-state index in [9.17, 15) is 14.4 Å². The highest BCUT2D eigenvalue weighted by Crippen LogP contribution is 2.16. The Kier molecular flexibility index (Phi) is 6.93. The molecule has 2 rings (SSSR count). The molecule has 0 saturated heterocycles. The number of esters is 1. The van der Waals surface area contributed by atoms with E-state index in [1.807, 2.05) is 19.1 Å². The highest BCUT2D eigenvalue weighted by Gasteiger charge is 2.19. The number of hydrogen-bond donors (Lipinski definition) is 2. The van der Waals surface area contributed by atoms with Gasteiger partial charge in [0.05, 0.1) is 12.7 Å². The standard InChI is InChI=1S/C20H22N2O5/c1-13-8-10-15(11-9-13)22-19(24)14(2)27-18(23)12-21-20(25)16-6-4-5-7-17(16)26-3/h4-11,14H,12H2,1-3H3,(H,21,25)(H,22,24)/t14-/m1/s1. The van der Waals surface area contributed by atoms with Gasteiger partial charge in [0.15, 0.2) is 6.10 Å². The first-order valence-corrected chi connectivity index (χ1v) is 8.39. The van der Waals surface area contributed by atoms with Gasteiger partial charge in [-0.05, 0) is 38.1 Å². The third-order valence-corrected chi connectivity index (χ3v) is 3.74. The van der Waals surface area contributed by atoms with Crippen molar-refractivity contribution in [1.29, 1.82) is 0 Å². The second-order valence-electron chi connectivity index (χ2n) is 5.87. The van der Waals surface area contributed by atoms with Gasteiger partial charge in [-0.15, -0.1) is 0 Å². The summed E-state index contributed by atoms with van der Waals surface area (Å²) < 4.78 is 10.2.